The molecule has 0 bridgehead atoms. The van der Waals surface area contributed by atoms with Gasteiger partial charge < -0.3 is 15.0 Å². The second kappa shape index (κ2) is 9.26. The van der Waals surface area contributed by atoms with Crippen molar-refractivity contribution in [3.63, 3.8) is 0 Å². The largest absolute Gasteiger partial charge is 0.376 e. The Bertz CT molecular complexity index is 695. The summed E-state index contributed by atoms with van der Waals surface area (Å²) in [5.41, 5.74) is 1.35. The molecule has 1 N–H and O–H groups in total. The van der Waals surface area contributed by atoms with Gasteiger partial charge in [0.15, 0.2) is 0 Å². The van der Waals surface area contributed by atoms with Crippen molar-refractivity contribution in [2.75, 3.05) is 39.3 Å². The Hall–Kier alpha value is -1.92. The van der Waals surface area contributed by atoms with Crippen LogP contribution >= 0.6 is 0 Å². The van der Waals surface area contributed by atoms with Crippen LogP contribution in [0.15, 0.2) is 30.3 Å². The van der Waals surface area contributed by atoms with Gasteiger partial charge >= 0.3 is 0 Å². The second-order valence-corrected chi connectivity index (χ2v) is 8.95. The molecule has 3 aliphatic rings. The summed E-state index contributed by atoms with van der Waals surface area (Å²) in [6.45, 7) is 5.35. The Balaban J connectivity index is 1.22. The summed E-state index contributed by atoms with van der Waals surface area (Å²) in [5.74, 6) is 0.373. The molecular weight excluding hydrogens is 366 g/mol. The summed E-state index contributed by atoms with van der Waals surface area (Å²) in [6, 6.07) is 10.0. The number of carbonyl (C=O) groups excluding carboxylic acids is 2. The van der Waals surface area contributed by atoms with Gasteiger partial charge in [-0.3, -0.25) is 14.5 Å². The van der Waals surface area contributed by atoms with Crippen LogP contribution in [0.4, 0.5) is 0 Å². The molecule has 1 atom stereocenters. The molecule has 1 aromatic carbocycles. The van der Waals surface area contributed by atoms with Gasteiger partial charge in [0, 0.05) is 32.7 Å². The Labute approximate surface area is 173 Å². The maximum absolute atomic E-state index is 12.4. The summed E-state index contributed by atoms with van der Waals surface area (Å²) in [6.07, 6.45) is 6.18. The first kappa shape index (κ1) is 20.4. The van der Waals surface area contributed by atoms with Crippen molar-refractivity contribution in [3.8, 4) is 0 Å². The molecular formula is C23H33N3O3. The number of hydrogen-bond acceptors (Lipinski definition) is 4. The predicted octanol–water partition coefficient (Wildman–Crippen LogP) is 2.19. The molecule has 6 heteroatoms. The summed E-state index contributed by atoms with van der Waals surface area (Å²) >= 11 is 0. The lowest BCUT2D eigenvalue weighted by atomic mass is 9.72. The topological polar surface area (TPSA) is 61.9 Å². The molecule has 4 rings (SSSR count). The highest BCUT2D eigenvalue weighted by Crippen LogP contribution is 2.40. The number of likely N-dealkylation sites (tertiary alicyclic amines) is 2. The van der Waals surface area contributed by atoms with E-state index in [1.54, 1.807) is 0 Å². The molecule has 3 fully saturated rings. The number of nitrogens with one attached hydrogen (secondary N) is 1. The SMILES string of the molecule is O=C(CN1CCC2(CCC(=O)N(C[C@@H]3CCCO3)C2)CC1)NCc1ccccc1. The monoisotopic (exact) mass is 399 g/mol. The van der Waals surface area contributed by atoms with E-state index in [9.17, 15) is 9.59 Å². The molecule has 0 unspecified atom stereocenters. The second-order valence-electron chi connectivity index (χ2n) is 8.95. The van der Waals surface area contributed by atoms with E-state index in [4.69, 9.17) is 4.74 Å². The highest BCUT2D eigenvalue weighted by Gasteiger charge is 2.41. The summed E-state index contributed by atoms with van der Waals surface area (Å²) in [5, 5.41) is 3.02. The van der Waals surface area contributed by atoms with E-state index in [2.05, 4.69) is 15.1 Å². The maximum Gasteiger partial charge on any atom is 0.234 e. The van der Waals surface area contributed by atoms with Crippen molar-refractivity contribution in [2.45, 2.75) is 51.2 Å². The van der Waals surface area contributed by atoms with Gasteiger partial charge in [0.1, 0.15) is 0 Å². The average molecular weight is 400 g/mol. The number of carbonyl (C=O) groups is 2. The number of ether oxygens (including phenoxy) is 1. The molecule has 3 heterocycles. The first-order chi connectivity index (χ1) is 14.1. The van der Waals surface area contributed by atoms with E-state index in [0.29, 0.717) is 19.5 Å². The van der Waals surface area contributed by atoms with Gasteiger partial charge in [0.2, 0.25) is 11.8 Å². The molecule has 1 aromatic rings. The van der Waals surface area contributed by atoms with Crippen LogP contribution in [-0.2, 0) is 20.9 Å². The van der Waals surface area contributed by atoms with Crippen LogP contribution in [0.1, 0.15) is 44.1 Å². The molecule has 3 saturated heterocycles. The fraction of sp³-hybridized carbons (Fsp3) is 0.652. The number of hydrogen-bond donors (Lipinski definition) is 1. The minimum absolute atomic E-state index is 0.0867. The van der Waals surface area contributed by atoms with Gasteiger partial charge in [-0.25, -0.2) is 0 Å². The van der Waals surface area contributed by atoms with E-state index in [0.717, 1.165) is 70.5 Å². The first-order valence-corrected chi connectivity index (χ1v) is 11.0. The summed E-state index contributed by atoms with van der Waals surface area (Å²) in [4.78, 5) is 29.0. The lowest BCUT2D eigenvalue weighted by Crippen LogP contribution is -2.53. The van der Waals surface area contributed by atoms with Gasteiger partial charge in [0.05, 0.1) is 12.6 Å². The van der Waals surface area contributed by atoms with Crippen LogP contribution in [-0.4, -0.2) is 67.0 Å². The third-order valence-electron chi connectivity index (χ3n) is 6.81. The highest BCUT2D eigenvalue weighted by atomic mass is 16.5. The van der Waals surface area contributed by atoms with E-state index in [1.807, 2.05) is 30.3 Å². The predicted molar refractivity (Wildman–Crippen MR) is 111 cm³/mol. The standard InChI is InChI=1S/C23H33N3O3/c27-21(24-15-19-5-2-1-3-6-19)17-25-12-10-23(11-13-25)9-8-22(28)26(18-23)16-20-7-4-14-29-20/h1-3,5-6,20H,4,7-18H2,(H,24,27)/t20-/m0/s1. The molecule has 2 amide bonds. The van der Waals surface area contributed by atoms with Crippen LogP contribution in [0.3, 0.4) is 0 Å². The number of benzene rings is 1. The third kappa shape index (κ3) is 5.37. The normalized spacial score (nSPS) is 24.8. The minimum Gasteiger partial charge on any atom is -0.376 e. The van der Waals surface area contributed by atoms with Crippen LogP contribution in [0.25, 0.3) is 0 Å². The number of rotatable bonds is 6. The summed E-state index contributed by atoms with van der Waals surface area (Å²) in [7, 11) is 0. The fourth-order valence-corrected chi connectivity index (χ4v) is 4.95. The van der Waals surface area contributed by atoms with Gasteiger partial charge in [-0.1, -0.05) is 30.3 Å². The van der Waals surface area contributed by atoms with E-state index in [-0.39, 0.29) is 23.3 Å². The Morgan fingerprint density at radius 3 is 2.69 bits per heavy atom. The Morgan fingerprint density at radius 2 is 1.97 bits per heavy atom. The zero-order chi connectivity index (χ0) is 20.1. The quantitative estimate of drug-likeness (QED) is 0.797. The van der Waals surface area contributed by atoms with Crippen LogP contribution in [0.2, 0.25) is 0 Å². The van der Waals surface area contributed by atoms with Crippen molar-refractivity contribution in [3.05, 3.63) is 35.9 Å². The molecule has 0 radical (unpaired) electrons. The Morgan fingerprint density at radius 1 is 1.17 bits per heavy atom. The molecule has 0 aliphatic carbocycles. The van der Waals surface area contributed by atoms with Crippen molar-refractivity contribution in [1.29, 1.82) is 0 Å². The van der Waals surface area contributed by atoms with Crippen LogP contribution < -0.4 is 5.32 Å². The minimum atomic E-state index is 0.0867. The number of nitrogens with zero attached hydrogens (tertiary/aromatic N) is 2. The molecule has 3 aliphatic heterocycles. The zero-order valence-electron chi connectivity index (χ0n) is 17.3. The van der Waals surface area contributed by atoms with Crippen molar-refractivity contribution in [1.82, 2.24) is 15.1 Å². The lowest BCUT2D eigenvalue weighted by molar-refractivity contribution is -0.141. The molecule has 1 spiro atoms. The van der Waals surface area contributed by atoms with Crippen molar-refractivity contribution >= 4 is 11.8 Å². The molecule has 158 valence electrons. The van der Waals surface area contributed by atoms with Crippen molar-refractivity contribution in [2.24, 2.45) is 5.41 Å². The van der Waals surface area contributed by atoms with E-state index >= 15 is 0 Å². The van der Waals surface area contributed by atoms with E-state index < -0.39 is 0 Å². The van der Waals surface area contributed by atoms with Crippen molar-refractivity contribution < 1.29 is 14.3 Å². The van der Waals surface area contributed by atoms with Gasteiger partial charge in [-0.2, -0.15) is 0 Å². The zero-order valence-corrected chi connectivity index (χ0v) is 17.3. The highest BCUT2D eigenvalue weighted by molar-refractivity contribution is 5.78. The van der Waals surface area contributed by atoms with Crippen LogP contribution in [0.5, 0.6) is 0 Å². The fourth-order valence-electron chi connectivity index (χ4n) is 4.95. The van der Waals surface area contributed by atoms with Gasteiger partial charge in [-0.15, -0.1) is 0 Å². The average Bonchev–Trinajstić information content (AvgIpc) is 3.25. The van der Waals surface area contributed by atoms with E-state index in [1.165, 1.54) is 0 Å². The van der Waals surface area contributed by atoms with Crippen LogP contribution in [0, 0.1) is 5.41 Å². The molecule has 0 aromatic heterocycles. The number of piperidine rings is 2. The third-order valence-corrected chi connectivity index (χ3v) is 6.81. The Kier molecular flexibility index (Phi) is 6.50. The molecule has 0 saturated carbocycles. The maximum atomic E-state index is 12.4. The molecule has 29 heavy (non-hydrogen) atoms. The lowest BCUT2D eigenvalue weighted by Gasteiger charge is -2.47. The smallest absolute Gasteiger partial charge is 0.234 e. The summed E-state index contributed by atoms with van der Waals surface area (Å²) < 4.78 is 5.75. The molecule has 6 nitrogen and oxygen atoms in total. The van der Waals surface area contributed by atoms with Gasteiger partial charge in [-0.05, 0) is 56.2 Å². The first-order valence-electron chi connectivity index (χ1n) is 11.0. The number of amides is 2. The van der Waals surface area contributed by atoms with Gasteiger partial charge in [0.25, 0.3) is 0 Å².